The normalized spacial score (nSPS) is 24.7. The maximum absolute atomic E-state index is 10.2. The van der Waals surface area contributed by atoms with Crippen molar-refractivity contribution in [2.24, 2.45) is 21.8 Å². The molecule has 2 aliphatic carbocycles. The van der Waals surface area contributed by atoms with Crippen LogP contribution in [-0.4, -0.2) is 93.6 Å². The summed E-state index contributed by atoms with van der Waals surface area (Å²) in [5.41, 5.74) is 0. The first-order chi connectivity index (χ1) is 16.5. The average Bonchev–Trinajstić information content (AvgIpc) is 2.83. The van der Waals surface area contributed by atoms with Crippen molar-refractivity contribution in [3.05, 3.63) is 0 Å². The Morgan fingerprint density at radius 1 is 0.735 bits per heavy atom. The van der Waals surface area contributed by atoms with Crippen LogP contribution in [0.2, 0.25) is 0 Å². The second-order valence-electron chi connectivity index (χ2n) is 8.73. The molecule has 0 saturated heterocycles. The molecular formula is C24H44N2O6S2. The lowest BCUT2D eigenvalue weighted by atomic mass is 9.76. The summed E-state index contributed by atoms with van der Waals surface area (Å²) in [6, 6.07) is 0.456. The van der Waals surface area contributed by atoms with Crippen LogP contribution in [0.15, 0.2) is 9.98 Å². The molecule has 0 aromatic rings. The first kappa shape index (κ1) is 33.3. The van der Waals surface area contributed by atoms with Gasteiger partial charge in [-0.1, -0.05) is 0 Å². The maximum atomic E-state index is 10.2. The van der Waals surface area contributed by atoms with E-state index in [4.69, 9.17) is 20.4 Å². The van der Waals surface area contributed by atoms with E-state index in [1.54, 1.807) is 42.6 Å². The zero-order valence-electron chi connectivity index (χ0n) is 20.5. The van der Waals surface area contributed by atoms with E-state index < -0.39 is 0 Å². The van der Waals surface area contributed by atoms with Crippen LogP contribution in [0.5, 0.6) is 0 Å². The van der Waals surface area contributed by atoms with Crippen molar-refractivity contribution in [2.75, 3.05) is 42.8 Å². The lowest BCUT2D eigenvalue weighted by molar-refractivity contribution is 0.220. The van der Waals surface area contributed by atoms with E-state index in [0.29, 0.717) is 0 Å². The van der Waals surface area contributed by atoms with Crippen molar-refractivity contribution in [1.82, 2.24) is 0 Å². The van der Waals surface area contributed by atoms with E-state index in [-0.39, 0.29) is 38.0 Å². The Balaban J connectivity index is 0.000000602. The fraction of sp³-hybridized carbons (Fsp3) is 0.917. The van der Waals surface area contributed by atoms with Crippen LogP contribution in [0.25, 0.3) is 0 Å². The summed E-state index contributed by atoms with van der Waals surface area (Å²) < 4.78 is 0. The molecule has 10 heteroatoms. The highest BCUT2D eigenvalue weighted by atomic mass is 32.2. The highest BCUT2D eigenvalue weighted by Gasteiger charge is 2.26. The minimum atomic E-state index is -0.244. The van der Waals surface area contributed by atoms with E-state index in [2.05, 4.69) is 9.98 Å². The quantitative estimate of drug-likeness (QED) is 0.175. The predicted molar refractivity (Wildman–Crippen MR) is 140 cm³/mol. The van der Waals surface area contributed by atoms with Crippen molar-refractivity contribution >= 4 is 35.7 Å². The Morgan fingerprint density at radius 3 is 1.44 bits per heavy atom. The van der Waals surface area contributed by atoms with Gasteiger partial charge in [0.05, 0.1) is 38.0 Å². The molecule has 0 heterocycles. The summed E-state index contributed by atoms with van der Waals surface area (Å²) in [7, 11) is 0. The summed E-state index contributed by atoms with van der Waals surface area (Å²) in [5.74, 6) is 4.52. The molecule has 0 radical (unpaired) electrons. The topological polar surface area (TPSA) is 140 Å². The third kappa shape index (κ3) is 19.6. The average molecular weight is 521 g/mol. The van der Waals surface area contributed by atoms with Gasteiger partial charge in [-0.15, -0.1) is 0 Å². The Labute approximate surface area is 213 Å². The lowest BCUT2D eigenvalue weighted by Crippen LogP contribution is -2.23. The first-order valence-corrected chi connectivity index (χ1v) is 14.6. The second kappa shape index (κ2) is 24.0. The van der Waals surface area contributed by atoms with Crippen LogP contribution < -0.4 is 0 Å². The third-order valence-electron chi connectivity index (χ3n) is 5.84. The van der Waals surface area contributed by atoms with Gasteiger partial charge >= 0.3 is 0 Å². The van der Waals surface area contributed by atoms with Crippen molar-refractivity contribution in [2.45, 2.75) is 82.9 Å². The number of aliphatic hydroxyl groups is 4. The van der Waals surface area contributed by atoms with Gasteiger partial charge in [0.2, 0.25) is 12.2 Å². The van der Waals surface area contributed by atoms with Crippen molar-refractivity contribution in [3.63, 3.8) is 0 Å². The van der Waals surface area contributed by atoms with Gasteiger partial charge in [-0.2, -0.15) is 23.5 Å². The van der Waals surface area contributed by atoms with Crippen LogP contribution in [-0.2, 0) is 9.59 Å². The van der Waals surface area contributed by atoms with Gasteiger partial charge in [-0.05, 0) is 76.5 Å². The number of hydrogen-bond acceptors (Lipinski definition) is 10. The van der Waals surface area contributed by atoms with Gasteiger partial charge in [-0.3, -0.25) is 0 Å². The monoisotopic (exact) mass is 520 g/mol. The number of carbonyl (C=O) groups excluding carboxylic acids is 2. The Bertz CT molecular complexity index is 516. The van der Waals surface area contributed by atoms with E-state index in [1.165, 1.54) is 32.1 Å². The Morgan fingerprint density at radius 2 is 1.12 bits per heavy atom. The molecule has 8 nitrogen and oxygen atoms in total. The van der Waals surface area contributed by atoms with Crippen molar-refractivity contribution in [1.29, 1.82) is 0 Å². The molecule has 34 heavy (non-hydrogen) atoms. The predicted octanol–water partition coefficient (Wildman–Crippen LogP) is 2.96. The zero-order chi connectivity index (χ0) is 25.4. The molecule has 0 aliphatic heterocycles. The summed E-state index contributed by atoms with van der Waals surface area (Å²) in [5, 5.41) is 33.3. The SMILES string of the molecule is CC(O)CSCCO.O=C=NC1CCC(CC2CCC(N=C=O)CC2)CC1.OCCSCCO. The summed E-state index contributed by atoms with van der Waals surface area (Å²) >= 11 is 3.11. The molecule has 0 aromatic heterocycles. The van der Waals surface area contributed by atoms with E-state index >= 15 is 0 Å². The third-order valence-corrected chi connectivity index (χ3v) is 7.97. The number of isocyanates is 2. The highest BCUT2D eigenvalue weighted by molar-refractivity contribution is 7.99. The van der Waals surface area contributed by atoms with Gasteiger partial charge in [0.15, 0.2) is 0 Å². The van der Waals surface area contributed by atoms with Crippen LogP contribution in [0, 0.1) is 11.8 Å². The molecule has 1 unspecified atom stereocenters. The van der Waals surface area contributed by atoms with Gasteiger partial charge in [0, 0.05) is 23.0 Å². The molecule has 0 aromatic carbocycles. The minimum absolute atomic E-state index is 0.206. The van der Waals surface area contributed by atoms with Crippen molar-refractivity contribution in [3.8, 4) is 0 Å². The molecule has 4 N–H and O–H groups in total. The van der Waals surface area contributed by atoms with Crippen LogP contribution in [0.4, 0.5) is 0 Å². The highest BCUT2D eigenvalue weighted by Crippen LogP contribution is 2.36. The lowest BCUT2D eigenvalue weighted by Gasteiger charge is -2.31. The minimum Gasteiger partial charge on any atom is -0.396 e. The van der Waals surface area contributed by atoms with Gasteiger partial charge in [0.25, 0.3) is 0 Å². The molecule has 0 spiro atoms. The number of rotatable bonds is 12. The molecule has 0 bridgehead atoms. The molecule has 2 saturated carbocycles. The standard InChI is InChI=1S/C15H22N2O2.C5H12O2S.C4H10O2S/c18-10-16-14-5-1-12(2-6-14)9-13-3-7-15(8-4-13)17-11-19;1-5(7)4-8-3-2-6;5-1-3-7-4-2-6/h12-15H,1-9H2;5-7H,2-4H2,1H3;5-6H,1-4H2. The summed E-state index contributed by atoms with van der Waals surface area (Å²) in [6.45, 7) is 2.37. The summed E-state index contributed by atoms with van der Waals surface area (Å²) in [4.78, 5) is 28.1. The van der Waals surface area contributed by atoms with Crippen LogP contribution >= 0.6 is 23.5 Å². The maximum Gasteiger partial charge on any atom is 0.235 e. The van der Waals surface area contributed by atoms with E-state index in [9.17, 15) is 9.59 Å². The fourth-order valence-electron chi connectivity index (χ4n) is 4.19. The zero-order valence-corrected chi connectivity index (χ0v) is 22.1. The number of nitrogens with zero attached hydrogens (tertiary/aromatic N) is 2. The molecule has 198 valence electrons. The Hall–Kier alpha value is -0.700. The Kier molecular flexibility index (Phi) is 23.5. The van der Waals surface area contributed by atoms with Crippen molar-refractivity contribution < 1.29 is 30.0 Å². The second-order valence-corrected chi connectivity index (χ2v) is 11.1. The van der Waals surface area contributed by atoms with Gasteiger partial charge in [-0.25, -0.2) is 19.6 Å². The van der Waals surface area contributed by atoms with Gasteiger partial charge < -0.3 is 20.4 Å². The largest absolute Gasteiger partial charge is 0.396 e. The number of aliphatic imine (C=N–C) groups is 2. The fourth-order valence-corrected chi connectivity index (χ4v) is 5.29. The van der Waals surface area contributed by atoms with Crippen LogP contribution in [0.1, 0.15) is 64.7 Å². The van der Waals surface area contributed by atoms with Crippen LogP contribution in [0.3, 0.4) is 0 Å². The molecule has 0 amide bonds. The van der Waals surface area contributed by atoms with Gasteiger partial charge in [0.1, 0.15) is 0 Å². The van der Waals surface area contributed by atoms with E-state index in [1.807, 2.05) is 0 Å². The molecule has 2 fully saturated rings. The summed E-state index contributed by atoms with van der Waals surface area (Å²) in [6.07, 6.45) is 13.4. The number of thioether (sulfide) groups is 2. The number of aliphatic hydroxyl groups excluding tert-OH is 4. The molecule has 2 rings (SSSR count). The number of hydrogen-bond donors (Lipinski definition) is 4. The molecule has 2 aliphatic rings. The molecular weight excluding hydrogens is 476 g/mol. The first-order valence-electron chi connectivity index (χ1n) is 12.3. The smallest absolute Gasteiger partial charge is 0.235 e. The van der Waals surface area contributed by atoms with E-state index in [0.717, 1.165) is 60.5 Å². The molecule has 1 atom stereocenters.